The quantitative estimate of drug-likeness (QED) is 0.667. The van der Waals surface area contributed by atoms with Crippen molar-refractivity contribution < 1.29 is 9.15 Å². The summed E-state index contributed by atoms with van der Waals surface area (Å²) < 4.78 is 11.9. The fourth-order valence-corrected chi connectivity index (χ4v) is 5.55. The first-order valence-corrected chi connectivity index (χ1v) is 9.77. The van der Waals surface area contributed by atoms with Crippen molar-refractivity contribution in [3.63, 3.8) is 0 Å². The predicted octanol–water partition coefficient (Wildman–Crippen LogP) is 5.26. The van der Waals surface area contributed by atoms with Crippen LogP contribution in [0.2, 0.25) is 0 Å². The number of aromatic nitrogens is 1. The van der Waals surface area contributed by atoms with E-state index in [1.165, 1.54) is 17.8 Å². The number of hydrogen-bond donors (Lipinski definition) is 0. The number of benzene rings is 1. The second-order valence-corrected chi connectivity index (χ2v) is 9.88. The van der Waals surface area contributed by atoms with Crippen LogP contribution in [0.3, 0.4) is 0 Å². The molecule has 1 saturated heterocycles. The van der Waals surface area contributed by atoms with Crippen LogP contribution in [0.4, 0.5) is 0 Å². The van der Waals surface area contributed by atoms with Crippen molar-refractivity contribution in [3.05, 3.63) is 35.2 Å². The van der Waals surface area contributed by atoms with Crippen molar-refractivity contribution >= 4 is 34.6 Å². The highest BCUT2D eigenvalue weighted by Crippen LogP contribution is 2.60. The Morgan fingerprint density at radius 3 is 2.62 bits per heavy atom. The van der Waals surface area contributed by atoms with Gasteiger partial charge in [0.15, 0.2) is 10.5 Å². The minimum Gasteiger partial charge on any atom is -0.431 e. The van der Waals surface area contributed by atoms with Crippen LogP contribution in [-0.4, -0.2) is 20.3 Å². The number of rotatable bonds is 3. The fourth-order valence-electron chi connectivity index (χ4n) is 2.89. The third kappa shape index (κ3) is 3.23. The van der Waals surface area contributed by atoms with Crippen molar-refractivity contribution in [2.45, 2.75) is 54.6 Å². The zero-order chi connectivity index (χ0) is 19.0. The van der Waals surface area contributed by atoms with Crippen LogP contribution in [0.1, 0.15) is 34.1 Å². The molecule has 134 valence electrons. The van der Waals surface area contributed by atoms with Gasteiger partial charge in [0.05, 0.1) is 28.9 Å². The van der Waals surface area contributed by atoms with Gasteiger partial charge in [-0.05, 0) is 51.6 Å². The summed E-state index contributed by atoms with van der Waals surface area (Å²) in [6.07, 6.45) is 1.69. The van der Waals surface area contributed by atoms with Crippen molar-refractivity contribution in [3.8, 4) is 12.1 Å². The molecule has 0 radical (unpaired) electrons. The van der Waals surface area contributed by atoms with Crippen LogP contribution >= 0.6 is 23.5 Å². The van der Waals surface area contributed by atoms with E-state index >= 15 is 0 Å². The van der Waals surface area contributed by atoms with Crippen LogP contribution in [0.5, 0.6) is 0 Å². The molecule has 0 N–H and O–H groups in total. The Morgan fingerprint density at radius 2 is 1.96 bits per heavy atom. The Labute approximate surface area is 161 Å². The number of fused-ring (bicyclic) bond motifs is 1. The van der Waals surface area contributed by atoms with Crippen molar-refractivity contribution in [1.82, 2.24) is 4.98 Å². The SMILES string of the molecule is CC1(C)OC(CC#N)(Sc2nc3ccccc3o2)C(C)(C)SC1=CC#N. The van der Waals surface area contributed by atoms with Crippen molar-refractivity contribution in [2.24, 2.45) is 0 Å². The number of allylic oxidation sites excluding steroid dienone is 1. The Bertz CT molecular complexity index is 917. The first-order chi connectivity index (χ1) is 12.2. The molecule has 1 aliphatic rings. The highest BCUT2D eigenvalue weighted by molar-refractivity contribution is 8.07. The van der Waals surface area contributed by atoms with E-state index in [1.54, 1.807) is 11.8 Å². The summed E-state index contributed by atoms with van der Waals surface area (Å²) in [5.74, 6) is 0. The van der Waals surface area contributed by atoms with Gasteiger partial charge in [-0.1, -0.05) is 12.1 Å². The second-order valence-electron chi connectivity index (χ2n) is 7.00. The van der Waals surface area contributed by atoms with Gasteiger partial charge in [-0.15, -0.1) is 11.8 Å². The van der Waals surface area contributed by atoms with Crippen LogP contribution in [-0.2, 0) is 4.74 Å². The van der Waals surface area contributed by atoms with E-state index in [-0.39, 0.29) is 6.42 Å². The Kier molecular flexibility index (Phi) is 4.83. The van der Waals surface area contributed by atoms with Crippen LogP contribution in [0.25, 0.3) is 11.1 Å². The molecule has 2 aromatic rings. The van der Waals surface area contributed by atoms with Gasteiger partial charge >= 0.3 is 0 Å². The number of oxazole rings is 1. The summed E-state index contributed by atoms with van der Waals surface area (Å²) in [6, 6.07) is 11.9. The molecular weight excluding hydrogens is 366 g/mol. The highest BCUT2D eigenvalue weighted by atomic mass is 32.2. The van der Waals surface area contributed by atoms with E-state index in [2.05, 4.69) is 17.1 Å². The number of nitrogens with zero attached hydrogens (tertiary/aromatic N) is 3. The first-order valence-electron chi connectivity index (χ1n) is 8.14. The summed E-state index contributed by atoms with van der Waals surface area (Å²) >= 11 is 2.90. The fraction of sp³-hybridized carbons (Fsp3) is 0.421. The molecule has 7 heteroatoms. The summed E-state index contributed by atoms with van der Waals surface area (Å²) in [4.78, 5) is 4.51. The van der Waals surface area contributed by atoms with E-state index in [0.717, 1.165) is 10.4 Å². The smallest absolute Gasteiger partial charge is 0.259 e. The van der Waals surface area contributed by atoms with Crippen LogP contribution in [0, 0.1) is 22.7 Å². The van der Waals surface area contributed by atoms with E-state index in [1.807, 2.05) is 52.0 Å². The molecule has 1 aromatic heterocycles. The summed E-state index contributed by atoms with van der Waals surface area (Å²) in [5, 5.41) is 19.1. The lowest BCUT2D eigenvalue weighted by Crippen LogP contribution is -2.56. The molecule has 1 atom stereocenters. The Balaban J connectivity index is 2.05. The highest BCUT2D eigenvalue weighted by Gasteiger charge is 2.57. The first kappa shape index (κ1) is 18.8. The molecule has 26 heavy (non-hydrogen) atoms. The number of para-hydroxylation sites is 2. The monoisotopic (exact) mass is 385 g/mol. The molecule has 2 heterocycles. The Morgan fingerprint density at radius 1 is 1.23 bits per heavy atom. The number of nitriles is 2. The molecule has 1 unspecified atom stereocenters. The van der Waals surface area contributed by atoms with Crippen LogP contribution in [0.15, 0.2) is 44.9 Å². The van der Waals surface area contributed by atoms with Gasteiger partial charge in [0.1, 0.15) is 5.52 Å². The summed E-state index contributed by atoms with van der Waals surface area (Å²) in [7, 11) is 0. The van der Waals surface area contributed by atoms with E-state index in [0.29, 0.717) is 10.8 Å². The maximum absolute atomic E-state index is 9.50. The molecule has 0 amide bonds. The standard InChI is InChI=1S/C19H19N3O2S2/c1-17(2)15(9-11-20)25-18(3,4)19(24-17,10-12-21)26-16-22-13-7-5-6-8-14(13)23-16/h5-9H,10H2,1-4H3. The molecule has 3 rings (SSSR count). The summed E-state index contributed by atoms with van der Waals surface area (Å²) in [5.41, 5.74) is 0.784. The topological polar surface area (TPSA) is 82.8 Å². The third-order valence-electron chi connectivity index (χ3n) is 4.33. The average Bonchev–Trinajstić information content (AvgIpc) is 2.95. The molecule has 1 aromatic carbocycles. The van der Waals surface area contributed by atoms with Gasteiger partial charge in [0, 0.05) is 11.0 Å². The second kappa shape index (κ2) is 6.66. The van der Waals surface area contributed by atoms with Gasteiger partial charge in [-0.3, -0.25) is 0 Å². The van der Waals surface area contributed by atoms with Crippen molar-refractivity contribution in [1.29, 1.82) is 10.5 Å². The van der Waals surface area contributed by atoms with Gasteiger partial charge < -0.3 is 9.15 Å². The summed E-state index contributed by atoms with van der Waals surface area (Å²) in [6.45, 7) is 7.87. The van der Waals surface area contributed by atoms with Gasteiger partial charge in [-0.25, -0.2) is 4.98 Å². The van der Waals surface area contributed by atoms with Crippen molar-refractivity contribution in [2.75, 3.05) is 0 Å². The van der Waals surface area contributed by atoms with Crippen LogP contribution < -0.4 is 0 Å². The van der Waals surface area contributed by atoms with Gasteiger partial charge in [-0.2, -0.15) is 10.5 Å². The molecule has 0 bridgehead atoms. The molecular formula is C19H19N3O2S2. The third-order valence-corrected chi connectivity index (χ3v) is 7.55. The lowest BCUT2D eigenvalue weighted by atomic mass is 9.99. The number of hydrogen-bond acceptors (Lipinski definition) is 7. The van der Waals surface area contributed by atoms with E-state index < -0.39 is 15.3 Å². The number of thioether (sulfide) groups is 2. The Hall–Kier alpha value is -1.93. The van der Waals surface area contributed by atoms with Gasteiger partial charge in [0.25, 0.3) is 5.22 Å². The lowest BCUT2D eigenvalue weighted by Gasteiger charge is -2.53. The maximum atomic E-state index is 9.50. The zero-order valence-electron chi connectivity index (χ0n) is 15.1. The van der Waals surface area contributed by atoms with E-state index in [9.17, 15) is 5.26 Å². The van der Waals surface area contributed by atoms with Gasteiger partial charge in [0.2, 0.25) is 0 Å². The maximum Gasteiger partial charge on any atom is 0.259 e. The molecule has 0 aliphatic carbocycles. The normalized spacial score (nSPS) is 25.7. The largest absolute Gasteiger partial charge is 0.431 e. The van der Waals surface area contributed by atoms with E-state index in [4.69, 9.17) is 14.4 Å². The molecule has 0 spiro atoms. The zero-order valence-corrected chi connectivity index (χ0v) is 16.7. The lowest BCUT2D eigenvalue weighted by molar-refractivity contribution is -0.0834. The number of ether oxygens (including phenoxy) is 1. The minimum absolute atomic E-state index is 0.166. The average molecular weight is 386 g/mol. The molecule has 0 saturated carbocycles. The molecule has 5 nitrogen and oxygen atoms in total. The molecule has 1 aliphatic heterocycles. The minimum atomic E-state index is -0.871. The molecule has 1 fully saturated rings. The predicted molar refractivity (Wildman–Crippen MR) is 103 cm³/mol.